The number of carboxylic acid groups (broad SMARTS) is 1. The molecule has 1 aliphatic heterocycles. The van der Waals surface area contributed by atoms with Gasteiger partial charge in [-0.1, -0.05) is 0 Å². The third-order valence-corrected chi connectivity index (χ3v) is 3.45. The molecule has 0 bridgehead atoms. The fourth-order valence-electron chi connectivity index (χ4n) is 1.85. The van der Waals surface area contributed by atoms with Crippen molar-refractivity contribution in [1.82, 2.24) is 9.55 Å². The summed E-state index contributed by atoms with van der Waals surface area (Å²) in [5, 5.41) is 11.7. The summed E-state index contributed by atoms with van der Waals surface area (Å²) >= 11 is 0. The van der Waals surface area contributed by atoms with E-state index < -0.39 is 19.6 Å². The van der Waals surface area contributed by atoms with Crippen molar-refractivity contribution in [3.8, 4) is 0 Å². The summed E-state index contributed by atoms with van der Waals surface area (Å²) in [5.74, 6) is -0.823. The van der Waals surface area contributed by atoms with Crippen LogP contribution in [0.25, 0.3) is 0 Å². The summed E-state index contributed by atoms with van der Waals surface area (Å²) < 4.78 is 12.5. The van der Waals surface area contributed by atoms with E-state index in [9.17, 15) is 9.36 Å². The van der Waals surface area contributed by atoms with E-state index in [0.717, 1.165) is 0 Å². The van der Waals surface area contributed by atoms with Crippen LogP contribution in [-0.4, -0.2) is 43.1 Å². The summed E-state index contributed by atoms with van der Waals surface area (Å²) in [6.07, 6.45) is 1.51. The van der Waals surface area contributed by atoms with E-state index in [2.05, 4.69) is 10.3 Å². The molecule has 0 saturated carbocycles. The number of carboxylic acids is 1. The fraction of sp³-hybridized carbons (Fsp3) is 0.500. The van der Waals surface area contributed by atoms with Crippen molar-refractivity contribution in [3.05, 3.63) is 11.9 Å². The van der Waals surface area contributed by atoms with Crippen molar-refractivity contribution in [2.45, 2.75) is 12.5 Å². The minimum atomic E-state index is -4.13. The van der Waals surface area contributed by atoms with Gasteiger partial charge in [-0.05, 0) is 6.42 Å². The molecular formula is C8H12N3O5P. The third-order valence-electron chi connectivity index (χ3n) is 2.55. The molecule has 0 saturated heterocycles. The Labute approximate surface area is 96.4 Å². The van der Waals surface area contributed by atoms with E-state index in [0.29, 0.717) is 18.9 Å². The Morgan fingerprint density at radius 2 is 2.35 bits per heavy atom. The molecule has 2 rings (SSSR count). The standard InChI is InChI=1S/C8H12N3O5P/c12-7(13)6-3-11-5(4-17(14,15)16)1-2-9-8(11)10-6/h3,5H,1-2,4H2,(H,9,10)(H,12,13)(H2,14,15,16). The maximum atomic E-state index is 11.0. The van der Waals surface area contributed by atoms with Crippen molar-refractivity contribution < 1.29 is 24.3 Å². The smallest absolute Gasteiger partial charge is 0.356 e. The van der Waals surface area contributed by atoms with Crippen LogP contribution >= 0.6 is 7.60 Å². The van der Waals surface area contributed by atoms with Gasteiger partial charge in [0, 0.05) is 18.8 Å². The minimum Gasteiger partial charge on any atom is -0.476 e. The SMILES string of the molecule is O=C(O)c1cn2c(n1)NCCC2CP(=O)(O)O. The lowest BCUT2D eigenvalue weighted by Crippen LogP contribution is -2.24. The first-order valence-electron chi connectivity index (χ1n) is 4.97. The van der Waals surface area contributed by atoms with Crippen LogP contribution < -0.4 is 5.32 Å². The van der Waals surface area contributed by atoms with Crippen molar-refractivity contribution in [2.75, 3.05) is 18.0 Å². The van der Waals surface area contributed by atoms with Crippen LogP contribution in [0, 0.1) is 0 Å². The Balaban J connectivity index is 2.31. The molecule has 1 unspecified atom stereocenters. The number of rotatable bonds is 3. The second kappa shape index (κ2) is 4.14. The largest absolute Gasteiger partial charge is 0.476 e. The van der Waals surface area contributed by atoms with Gasteiger partial charge in [0.2, 0.25) is 5.95 Å². The Morgan fingerprint density at radius 1 is 1.65 bits per heavy atom. The van der Waals surface area contributed by atoms with Gasteiger partial charge in [-0.25, -0.2) is 9.78 Å². The predicted molar refractivity (Wildman–Crippen MR) is 58.2 cm³/mol. The Kier molecular flexibility index (Phi) is 2.94. The van der Waals surface area contributed by atoms with Crippen LogP contribution in [0.1, 0.15) is 23.0 Å². The quantitative estimate of drug-likeness (QED) is 0.569. The highest BCUT2D eigenvalue weighted by molar-refractivity contribution is 7.51. The molecular weight excluding hydrogens is 249 g/mol. The highest BCUT2D eigenvalue weighted by Gasteiger charge is 2.28. The van der Waals surface area contributed by atoms with Crippen molar-refractivity contribution >= 4 is 19.5 Å². The Hall–Kier alpha value is -1.37. The van der Waals surface area contributed by atoms with Crippen molar-refractivity contribution in [1.29, 1.82) is 0 Å². The second-order valence-electron chi connectivity index (χ2n) is 3.88. The Morgan fingerprint density at radius 3 is 2.94 bits per heavy atom. The molecule has 9 heteroatoms. The van der Waals surface area contributed by atoms with Gasteiger partial charge in [-0.15, -0.1) is 0 Å². The number of aromatic nitrogens is 2. The average molecular weight is 261 g/mol. The zero-order valence-corrected chi connectivity index (χ0v) is 9.67. The number of nitrogens with one attached hydrogen (secondary N) is 1. The monoisotopic (exact) mass is 261 g/mol. The molecule has 8 nitrogen and oxygen atoms in total. The molecule has 4 N–H and O–H groups in total. The van der Waals surface area contributed by atoms with E-state index in [1.165, 1.54) is 10.8 Å². The van der Waals surface area contributed by atoms with Crippen LogP contribution in [-0.2, 0) is 4.57 Å². The van der Waals surface area contributed by atoms with Gasteiger partial charge in [0.15, 0.2) is 5.69 Å². The zero-order chi connectivity index (χ0) is 12.6. The van der Waals surface area contributed by atoms with E-state index >= 15 is 0 Å². The first-order valence-corrected chi connectivity index (χ1v) is 6.77. The average Bonchev–Trinajstić information content (AvgIpc) is 2.60. The van der Waals surface area contributed by atoms with Gasteiger partial charge in [0.1, 0.15) is 0 Å². The molecule has 0 amide bonds. The Bertz CT molecular complexity index is 493. The summed E-state index contributed by atoms with van der Waals surface area (Å²) in [7, 11) is -4.13. The second-order valence-corrected chi connectivity index (χ2v) is 5.57. The predicted octanol–water partition coefficient (Wildman–Crippen LogP) is 0.116. The van der Waals surface area contributed by atoms with Crippen molar-refractivity contribution in [2.24, 2.45) is 0 Å². The molecule has 94 valence electrons. The number of aromatic carboxylic acids is 1. The molecule has 17 heavy (non-hydrogen) atoms. The molecule has 1 aliphatic rings. The summed E-state index contributed by atoms with van der Waals surface area (Å²) in [4.78, 5) is 32.5. The number of imidazole rings is 1. The molecule has 1 atom stereocenters. The lowest BCUT2D eigenvalue weighted by Gasteiger charge is -2.25. The molecule has 0 radical (unpaired) electrons. The molecule has 0 spiro atoms. The van der Waals surface area contributed by atoms with Gasteiger partial charge in [0.05, 0.1) is 6.16 Å². The lowest BCUT2D eigenvalue weighted by atomic mass is 10.2. The molecule has 0 aromatic carbocycles. The first-order chi connectivity index (χ1) is 7.87. The first kappa shape index (κ1) is 12.1. The van der Waals surface area contributed by atoms with Gasteiger partial charge in [-0.2, -0.15) is 0 Å². The summed E-state index contributed by atoms with van der Waals surface area (Å²) in [6.45, 7) is 0.515. The highest BCUT2D eigenvalue weighted by atomic mass is 31.2. The number of anilines is 1. The number of nitrogens with zero attached hydrogens (tertiary/aromatic N) is 2. The molecule has 2 heterocycles. The zero-order valence-electron chi connectivity index (χ0n) is 8.78. The van der Waals surface area contributed by atoms with Gasteiger partial charge in [0.25, 0.3) is 0 Å². The van der Waals surface area contributed by atoms with E-state index in [-0.39, 0.29) is 11.9 Å². The van der Waals surface area contributed by atoms with Gasteiger partial charge < -0.3 is 24.8 Å². The van der Waals surface area contributed by atoms with E-state index in [1.54, 1.807) is 0 Å². The number of hydrogen-bond donors (Lipinski definition) is 4. The van der Waals surface area contributed by atoms with Crippen LogP contribution in [0.4, 0.5) is 5.95 Å². The van der Waals surface area contributed by atoms with Crippen LogP contribution in [0.5, 0.6) is 0 Å². The minimum absolute atomic E-state index is 0.134. The van der Waals surface area contributed by atoms with Gasteiger partial charge in [-0.3, -0.25) is 4.57 Å². The lowest BCUT2D eigenvalue weighted by molar-refractivity contribution is 0.0691. The van der Waals surface area contributed by atoms with Crippen LogP contribution in [0.15, 0.2) is 6.20 Å². The highest BCUT2D eigenvalue weighted by Crippen LogP contribution is 2.41. The maximum Gasteiger partial charge on any atom is 0.356 e. The number of carbonyl (C=O) groups is 1. The molecule has 0 aliphatic carbocycles. The summed E-state index contributed by atoms with van der Waals surface area (Å²) in [5.41, 5.74) is -0.134. The summed E-state index contributed by atoms with van der Waals surface area (Å²) in [6, 6.07) is -0.423. The van der Waals surface area contributed by atoms with E-state index in [1.807, 2.05) is 0 Å². The van der Waals surface area contributed by atoms with Crippen molar-refractivity contribution in [3.63, 3.8) is 0 Å². The molecule has 0 fully saturated rings. The number of fused-ring (bicyclic) bond motifs is 1. The van der Waals surface area contributed by atoms with Gasteiger partial charge >= 0.3 is 13.6 Å². The fourth-order valence-corrected chi connectivity index (χ4v) is 2.76. The molecule has 1 aromatic heterocycles. The normalized spacial score (nSPS) is 19.5. The van der Waals surface area contributed by atoms with Crippen LogP contribution in [0.2, 0.25) is 0 Å². The number of hydrogen-bond acceptors (Lipinski definition) is 4. The third kappa shape index (κ3) is 2.66. The topological polar surface area (TPSA) is 125 Å². The van der Waals surface area contributed by atoms with Crippen LogP contribution in [0.3, 0.4) is 0 Å². The van der Waals surface area contributed by atoms with E-state index in [4.69, 9.17) is 14.9 Å². The maximum absolute atomic E-state index is 11.0. The molecule has 1 aromatic rings.